The number of nitrogens with two attached hydrogens (primary N) is 1. The van der Waals surface area contributed by atoms with Crippen molar-refractivity contribution in [2.75, 3.05) is 0 Å². The van der Waals surface area contributed by atoms with Crippen molar-refractivity contribution in [3.8, 4) is 5.75 Å². The Labute approximate surface area is 156 Å². The molecule has 3 rings (SSSR count). The lowest BCUT2D eigenvalue weighted by Gasteiger charge is -2.16. The van der Waals surface area contributed by atoms with Crippen molar-refractivity contribution < 1.29 is 4.74 Å². The van der Waals surface area contributed by atoms with Gasteiger partial charge in [-0.25, -0.2) is 0 Å². The molecule has 0 spiro atoms. The molecule has 2 unspecified atom stereocenters. The third-order valence-corrected chi connectivity index (χ3v) is 4.12. The van der Waals surface area contributed by atoms with Crippen LogP contribution in [0.1, 0.15) is 37.3 Å². The lowest BCUT2D eigenvalue weighted by Crippen LogP contribution is -2.19. The summed E-state index contributed by atoms with van der Waals surface area (Å²) in [5.74, 6) is 0.492. The van der Waals surface area contributed by atoms with Gasteiger partial charge in [0.05, 0.1) is 16.2 Å². The molecule has 0 fully saturated rings. The van der Waals surface area contributed by atoms with Crippen LogP contribution in [0.4, 0.5) is 0 Å². The molecule has 0 amide bonds. The molecule has 0 aliphatic carbocycles. The number of halogens is 2. The van der Waals surface area contributed by atoms with Crippen LogP contribution in [0.5, 0.6) is 5.75 Å². The summed E-state index contributed by atoms with van der Waals surface area (Å²) in [7, 11) is 0. The van der Waals surface area contributed by atoms with Gasteiger partial charge in [0.15, 0.2) is 0 Å². The van der Waals surface area contributed by atoms with E-state index >= 15 is 0 Å². The number of aromatic amines is 1. The van der Waals surface area contributed by atoms with Crippen LogP contribution in [-0.4, -0.2) is 9.97 Å². The Hall–Kier alpha value is -2.08. The number of hydrogen-bond acceptors (Lipinski definition) is 4. The van der Waals surface area contributed by atoms with E-state index in [4.69, 9.17) is 22.1 Å². The molecule has 5 nitrogen and oxygen atoms in total. The van der Waals surface area contributed by atoms with Gasteiger partial charge in [-0.05, 0) is 38.1 Å². The number of H-pyrrole nitrogens is 1. The monoisotopic (exact) mass is 379 g/mol. The minimum absolute atomic E-state index is 0. The number of rotatable bonds is 4. The Morgan fingerprint density at radius 2 is 2.00 bits per heavy atom. The summed E-state index contributed by atoms with van der Waals surface area (Å²) in [6, 6.07) is 10.5. The van der Waals surface area contributed by atoms with E-state index in [1.165, 1.54) is 0 Å². The molecule has 7 heteroatoms. The minimum atomic E-state index is -0.350. The molecule has 0 aliphatic heterocycles. The smallest absolute Gasteiger partial charge is 0.253 e. The van der Waals surface area contributed by atoms with Gasteiger partial charge in [-0.1, -0.05) is 17.7 Å². The van der Waals surface area contributed by atoms with Gasteiger partial charge < -0.3 is 15.5 Å². The lowest BCUT2D eigenvalue weighted by molar-refractivity contribution is 0.222. The first-order valence-electron chi connectivity index (χ1n) is 7.65. The zero-order valence-corrected chi connectivity index (χ0v) is 15.4. The van der Waals surface area contributed by atoms with Crippen LogP contribution >= 0.6 is 24.0 Å². The summed E-state index contributed by atoms with van der Waals surface area (Å²) in [5.41, 5.74) is 7.59. The van der Waals surface area contributed by atoms with Crippen LogP contribution in [0.3, 0.4) is 0 Å². The van der Waals surface area contributed by atoms with Gasteiger partial charge in [0.25, 0.3) is 5.56 Å². The number of nitrogens with zero attached hydrogens (tertiary/aromatic N) is 1. The second-order valence-electron chi connectivity index (χ2n) is 5.73. The number of nitrogens with one attached hydrogen (secondary N) is 1. The largest absolute Gasteiger partial charge is 0.483 e. The SMILES string of the molecule is CC(N)c1cc2cc(Cl)c(OC(C)c3ccccn3)cc2[nH]c1=O.Cl. The number of fused-ring (bicyclic) bond motifs is 1. The molecule has 0 radical (unpaired) electrons. The molecule has 0 saturated carbocycles. The predicted octanol–water partition coefficient (Wildman–Crippen LogP) is 4.16. The van der Waals surface area contributed by atoms with Crippen LogP contribution in [0.15, 0.2) is 47.4 Å². The summed E-state index contributed by atoms with van der Waals surface area (Å²) in [6.07, 6.45) is 1.45. The van der Waals surface area contributed by atoms with E-state index in [0.717, 1.165) is 11.1 Å². The second-order valence-corrected chi connectivity index (χ2v) is 6.13. The fourth-order valence-electron chi connectivity index (χ4n) is 2.52. The van der Waals surface area contributed by atoms with E-state index in [2.05, 4.69) is 9.97 Å². The van der Waals surface area contributed by atoms with Crippen molar-refractivity contribution >= 4 is 34.9 Å². The third kappa shape index (κ3) is 4.12. The van der Waals surface area contributed by atoms with E-state index in [1.807, 2.05) is 25.1 Å². The van der Waals surface area contributed by atoms with Crippen molar-refractivity contribution in [1.82, 2.24) is 9.97 Å². The van der Waals surface area contributed by atoms with Gasteiger partial charge in [-0.2, -0.15) is 0 Å². The van der Waals surface area contributed by atoms with Gasteiger partial charge >= 0.3 is 0 Å². The summed E-state index contributed by atoms with van der Waals surface area (Å²) in [5, 5.41) is 1.28. The number of pyridine rings is 2. The molecular formula is C18H19Cl2N3O2. The number of hydrogen-bond donors (Lipinski definition) is 2. The maximum Gasteiger partial charge on any atom is 0.253 e. The zero-order chi connectivity index (χ0) is 17.3. The van der Waals surface area contributed by atoms with E-state index in [9.17, 15) is 4.79 Å². The third-order valence-electron chi connectivity index (χ3n) is 3.82. The van der Waals surface area contributed by atoms with Crippen LogP contribution in [0.25, 0.3) is 10.9 Å². The Morgan fingerprint density at radius 3 is 2.64 bits per heavy atom. The quantitative estimate of drug-likeness (QED) is 0.712. The molecule has 3 N–H and O–H groups in total. The summed E-state index contributed by atoms with van der Waals surface area (Å²) < 4.78 is 5.92. The molecule has 0 aliphatic rings. The Morgan fingerprint density at radius 1 is 1.24 bits per heavy atom. The van der Waals surface area contributed by atoms with Gasteiger partial charge in [-0.15, -0.1) is 12.4 Å². The normalized spacial score (nSPS) is 13.1. The fourth-order valence-corrected chi connectivity index (χ4v) is 2.74. The maximum atomic E-state index is 12.1. The van der Waals surface area contributed by atoms with Crippen LogP contribution in [0, 0.1) is 0 Å². The first kappa shape index (κ1) is 19.2. The Bertz CT molecular complexity index is 927. The molecule has 3 aromatic rings. The standard InChI is InChI=1S/C18H18ClN3O2.ClH/c1-10(20)13-7-12-8-14(19)17(9-16(12)22-18(13)23)24-11(2)15-5-3-4-6-21-15;/h3-11H,20H2,1-2H3,(H,22,23);1H. The number of aromatic nitrogens is 2. The topological polar surface area (TPSA) is 81.0 Å². The second kappa shape index (κ2) is 7.87. The highest BCUT2D eigenvalue weighted by atomic mass is 35.5. The van der Waals surface area contributed by atoms with Crippen molar-refractivity contribution in [1.29, 1.82) is 0 Å². The van der Waals surface area contributed by atoms with Gasteiger partial charge in [0.2, 0.25) is 0 Å². The van der Waals surface area contributed by atoms with E-state index in [-0.39, 0.29) is 30.1 Å². The van der Waals surface area contributed by atoms with E-state index in [0.29, 0.717) is 21.9 Å². The first-order chi connectivity index (χ1) is 11.5. The highest BCUT2D eigenvalue weighted by Gasteiger charge is 2.14. The predicted molar refractivity (Wildman–Crippen MR) is 103 cm³/mol. The molecule has 25 heavy (non-hydrogen) atoms. The lowest BCUT2D eigenvalue weighted by atomic mass is 10.1. The van der Waals surface area contributed by atoms with Gasteiger partial charge in [-0.3, -0.25) is 9.78 Å². The fraction of sp³-hybridized carbons (Fsp3) is 0.222. The maximum absolute atomic E-state index is 12.1. The van der Waals surface area contributed by atoms with Crippen molar-refractivity contribution in [2.45, 2.75) is 26.0 Å². The van der Waals surface area contributed by atoms with E-state index in [1.54, 1.807) is 31.3 Å². The molecule has 0 bridgehead atoms. The number of benzene rings is 1. The van der Waals surface area contributed by atoms with Crippen LogP contribution in [0.2, 0.25) is 5.02 Å². The Balaban J connectivity index is 0.00000225. The molecular weight excluding hydrogens is 361 g/mol. The summed E-state index contributed by atoms with van der Waals surface area (Å²) in [4.78, 5) is 19.2. The van der Waals surface area contributed by atoms with Crippen molar-refractivity contribution in [3.05, 3.63) is 69.2 Å². The minimum Gasteiger partial charge on any atom is -0.483 e. The molecule has 2 atom stereocenters. The molecule has 0 saturated heterocycles. The van der Waals surface area contributed by atoms with Crippen molar-refractivity contribution in [2.24, 2.45) is 5.73 Å². The highest BCUT2D eigenvalue weighted by Crippen LogP contribution is 2.32. The summed E-state index contributed by atoms with van der Waals surface area (Å²) in [6.45, 7) is 3.66. The van der Waals surface area contributed by atoms with E-state index < -0.39 is 0 Å². The first-order valence-corrected chi connectivity index (χ1v) is 8.03. The van der Waals surface area contributed by atoms with Crippen LogP contribution < -0.4 is 16.0 Å². The van der Waals surface area contributed by atoms with Gasteiger partial charge in [0, 0.05) is 29.3 Å². The van der Waals surface area contributed by atoms with Crippen LogP contribution in [-0.2, 0) is 0 Å². The molecule has 2 aromatic heterocycles. The number of ether oxygens (including phenoxy) is 1. The average Bonchev–Trinajstić information content (AvgIpc) is 2.56. The Kier molecular flexibility index (Phi) is 6.06. The zero-order valence-electron chi connectivity index (χ0n) is 13.8. The van der Waals surface area contributed by atoms with Gasteiger partial charge in [0.1, 0.15) is 11.9 Å². The molecule has 2 heterocycles. The molecule has 1 aromatic carbocycles. The average molecular weight is 380 g/mol. The van der Waals surface area contributed by atoms with Crippen molar-refractivity contribution in [3.63, 3.8) is 0 Å². The highest BCUT2D eigenvalue weighted by molar-refractivity contribution is 6.32. The summed E-state index contributed by atoms with van der Waals surface area (Å²) >= 11 is 6.34. The molecule has 132 valence electrons.